The van der Waals surface area contributed by atoms with Gasteiger partial charge in [-0.3, -0.25) is 0 Å². The molecule has 1 aliphatic carbocycles. The van der Waals surface area contributed by atoms with E-state index < -0.39 is 5.67 Å². The van der Waals surface area contributed by atoms with Gasteiger partial charge in [-0.1, -0.05) is 0 Å². The molecule has 0 radical (unpaired) electrons. The molecule has 1 fully saturated rings. The highest BCUT2D eigenvalue weighted by Gasteiger charge is 2.38. The first kappa shape index (κ1) is 9.09. The van der Waals surface area contributed by atoms with Crippen molar-refractivity contribution in [2.45, 2.75) is 37.4 Å². The van der Waals surface area contributed by atoms with Gasteiger partial charge in [0.25, 0.3) is 0 Å². The molecule has 0 saturated heterocycles. The second-order valence-electron chi connectivity index (χ2n) is 3.76. The Morgan fingerprint density at radius 2 is 2.62 bits per heavy atom. The summed E-state index contributed by atoms with van der Waals surface area (Å²) >= 11 is 1.52. The maximum Gasteiger partial charge on any atom is 0.119 e. The van der Waals surface area contributed by atoms with Gasteiger partial charge in [-0.05, 0) is 19.3 Å². The lowest BCUT2D eigenvalue weighted by molar-refractivity contribution is 0.170. The molecular weight excluding hydrogens is 187 g/mol. The number of halogens is 1. The summed E-state index contributed by atoms with van der Waals surface area (Å²) in [5, 5.41) is 2.77. The number of thiazole rings is 1. The smallest absolute Gasteiger partial charge is 0.119 e. The minimum absolute atomic E-state index is 0.0463. The van der Waals surface area contributed by atoms with Gasteiger partial charge >= 0.3 is 0 Å². The van der Waals surface area contributed by atoms with Gasteiger partial charge in [-0.15, -0.1) is 11.3 Å². The third-order valence-electron chi connectivity index (χ3n) is 2.54. The van der Waals surface area contributed by atoms with Crippen molar-refractivity contribution in [3.63, 3.8) is 0 Å². The molecule has 1 saturated carbocycles. The first-order valence-electron chi connectivity index (χ1n) is 4.51. The second-order valence-corrected chi connectivity index (χ2v) is 4.74. The fourth-order valence-electron chi connectivity index (χ4n) is 1.89. The summed E-state index contributed by atoms with van der Waals surface area (Å²) in [6, 6.07) is 0.0463. The van der Waals surface area contributed by atoms with Crippen molar-refractivity contribution in [1.29, 1.82) is 0 Å². The van der Waals surface area contributed by atoms with Gasteiger partial charge in [0.05, 0.1) is 5.01 Å². The Balaban J connectivity index is 2.01. The van der Waals surface area contributed by atoms with E-state index in [0.717, 1.165) is 11.4 Å². The minimum Gasteiger partial charge on any atom is -0.328 e. The van der Waals surface area contributed by atoms with Crippen LogP contribution >= 0.6 is 11.3 Å². The molecule has 0 spiro atoms. The van der Waals surface area contributed by atoms with Crippen LogP contribution in [0.15, 0.2) is 11.6 Å². The van der Waals surface area contributed by atoms with Crippen LogP contribution in [-0.4, -0.2) is 16.7 Å². The van der Waals surface area contributed by atoms with Crippen LogP contribution in [0.1, 0.15) is 24.3 Å². The van der Waals surface area contributed by atoms with Crippen LogP contribution in [0.5, 0.6) is 0 Å². The summed E-state index contributed by atoms with van der Waals surface area (Å²) in [6.45, 7) is 0. The molecule has 0 bridgehead atoms. The van der Waals surface area contributed by atoms with E-state index in [0.29, 0.717) is 19.3 Å². The highest BCUT2D eigenvalue weighted by atomic mass is 32.1. The predicted molar refractivity (Wildman–Crippen MR) is 51.5 cm³/mol. The minimum atomic E-state index is -1.09. The average molecular weight is 200 g/mol. The number of alkyl halides is 1. The second kappa shape index (κ2) is 3.35. The van der Waals surface area contributed by atoms with Gasteiger partial charge in [-0.2, -0.15) is 0 Å². The Morgan fingerprint density at radius 1 is 1.77 bits per heavy atom. The summed E-state index contributed by atoms with van der Waals surface area (Å²) in [6.07, 6.45) is 4.05. The molecule has 72 valence electrons. The Morgan fingerprint density at radius 3 is 3.15 bits per heavy atom. The summed E-state index contributed by atoms with van der Waals surface area (Å²) in [7, 11) is 0. The third kappa shape index (κ3) is 2.06. The van der Waals surface area contributed by atoms with Crippen LogP contribution in [0.4, 0.5) is 4.39 Å². The van der Waals surface area contributed by atoms with Crippen LogP contribution in [0, 0.1) is 0 Å². The van der Waals surface area contributed by atoms with Gasteiger partial charge < -0.3 is 5.73 Å². The Bertz CT molecular complexity index is 275. The fourth-order valence-corrected chi connectivity index (χ4v) is 2.63. The topological polar surface area (TPSA) is 38.9 Å². The van der Waals surface area contributed by atoms with Gasteiger partial charge in [0.15, 0.2) is 0 Å². The van der Waals surface area contributed by atoms with E-state index >= 15 is 0 Å². The first-order chi connectivity index (χ1) is 6.18. The van der Waals surface area contributed by atoms with E-state index in [1.165, 1.54) is 11.3 Å². The lowest BCUT2D eigenvalue weighted by Gasteiger charge is -2.17. The average Bonchev–Trinajstić information content (AvgIpc) is 2.62. The highest BCUT2D eigenvalue weighted by Crippen LogP contribution is 2.35. The van der Waals surface area contributed by atoms with Gasteiger partial charge in [0, 0.05) is 24.0 Å². The first-order valence-corrected chi connectivity index (χ1v) is 5.39. The number of hydrogen-bond acceptors (Lipinski definition) is 3. The SMILES string of the molecule is NC1CCC(F)(Cc2nccs2)C1. The molecule has 13 heavy (non-hydrogen) atoms. The molecule has 2 N–H and O–H groups in total. The zero-order valence-corrected chi connectivity index (χ0v) is 8.19. The van der Waals surface area contributed by atoms with Crippen LogP contribution < -0.4 is 5.73 Å². The van der Waals surface area contributed by atoms with Gasteiger partial charge in [0.2, 0.25) is 0 Å². The molecule has 0 aromatic carbocycles. The Kier molecular flexibility index (Phi) is 2.34. The molecule has 2 atom stereocenters. The van der Waals surface area contributed by atoms with E-state index in [-0.39, 0.29) is 6.04 Å². The molecule has 4 heteroatoms. The number of aromatic nitrogens is 1. The molecule has 2 nitrogen and oxygen atoms in total. The molecule has 1 aliphatic rings. The van der Waals surface area contributed by atoms with Crippen LogP contribution in [0.2, 0.25) is 0 Å². The summed E-state index contributed by atoms with van der Waals surface area (Å²) in [5.74, 6) is 0. The Hall–Kier alpha value is -0.480. The van der Waals surface area contributed by atoms with Crippen molar-refractivity contribution in [2.75, 3.05) is 0 Å². The molecule has 2 rings (SSSR count). The summed E-state index contributed by atoms with van der Waals surface area (Å²) in [5.41, 5.74) is 4.60. The van der Waals surface area contributed by atoms with Crippen molar-refractivity contribution in [3.8, 4) is 0 Å². The largest absolute Gasteiger partial charge is 0.328 e. The lowest BCUT2D eigenvalue weighted by atomic mass is 10.0. The van der Waals surface area contributed by atoms with Crippen LogP contribution in [0.25, 0.3) is 0 Å². The van der Waals surface area contributed by atoms with Crippen molar-refractivity contribution in [1.82, 2.24) is 4.98 Å². The van der Waals surface area contributed by atoms with E-state index in [4.69, 9.17) is 5.73 Å². The van der Waals surface area contributed by atoms with Crippen LogP contribution in [-0.2, 0) is 6.42 Å². The molecule has 0 amide bonds. The van der Waals surface area contributed by atoms with Crippen molar-refractivity contribution in [3.05, 3.63) is 16.6 Å². The van der Waals surface area contributed by atoms with Crippen molar-refractivity contribution >= 4 is 11.3 Å². The molecule has 2 unspecified atom stereocenters. The number of nitrogens with two attached hydrogens (primary N) is 1. The number of rotatable bonds is 2. The Labute approximate surface area is 81.0 Å². The van der Waals surface area contributed by atoms with E-state index in [9.17, 15) is 4.39 Å². The van der Waals surface area contributed by atoms with Crippen molar-refractivity contribution in [2.24, 2.45) is 5.73 Å². The normalized spacial score (nSPS) is 33.8. The fraction of sp³-hybridized carbons (Fsp3) is 0.667. The van der Waals surface area contributed by atoms with E-state index in [2.05, 4.69) is 4.98 Å². The highest BCUT2D eigenvalue weighted by molar-refractivity contribution is 7.09. The zero-order valence-electron chi connectivity index (χ0n) is 7.37. The third-order valence-corrected chi connectivity index (χ3v) is 3.32. The molecular formula is C9H13FN2S. The molecule has 1 aromatic heterocycles. The standard InChI is InChI=1S/C9H13FN2S/c10-9(2-1-7(11)5-9)6-8-12-3-4-13-8/h3-4,7H,1-2,5-6,11H2. The van der Waals surface area contributed by atoms with Gasteiger partial charge in [-0.25, -0.2) is 9.37 Å². The maximum absolute atomic E-state index is 14.0. The number of hydrogen-bond donors (Lipinski definition) is 1. The van der Waals surface area contributed by atoms with E-state index in [1.54, 1.807) is 6.20 Å². The lowest BCUT2D eigenvalue weighted by Crippen LogP contribution is -2.25. The summed E-state index contributed by atoms with van der Waals surface area (Å²) < 4.78 is 14.0. The predicted octanol–water partition coefficient (Wildman–Crippen LogP) is 1.91. The molecule has 1 heterocycles. The van der Waals surface area contributed by atoms with Crippen molar-refractivity contribution < 1.29 is 4.39 Å². The number of nitrogens with zero attached hydrogens (tertiary/aromatic N) is 1. The van der Waals surface area contributed by atoms with E-state index in [1.807, 2.05) is 5.38 Å². The quantitative estimate of drug-likeness (QED) is 0.792. The summed E-state index contributed by atoms with van der Waals surface area (Å²) in [4.78, 5) is 4.09. The molecule has 0 aliphatic heterocycles. The zero-order chi connectivity index (χ0) is 9.31. The maximum atomic E-state index is 14.0. The monoisotopic (exact) mass is 200 g/mol. The van der Waals surface area contributed by atoms with Gasteiger partial charge in [0.1, 0.15) is 5.67 Å². The molecule has 1 aromatic rings. The van der Waals surface area contributed by atoms with Crippen LogP contribution in [0.3, 0.4) is 0 Å².